The lowest BCUT2D eigenvalue weighted by molar-refractivity contribution is -0.386. The molecule has 0 fully saturated rings. The van der Waals surface area contributed by atoms with Crippen molar-refractivity contribution < 1.29 is 19.2 Å². The van der Waals surface area contributed by atoms with Crippen LogP contribution in [-0.4, -0.2) is 32.7 Å². The van der Waals surface area contributed by atoms with Crippen LogP contribution in [0.3, 0.4) is 0 Å². The van der Waals surface area contributed by atoms with Gasteiger partial charge >= 0.3 is 11.7 Å². The summed E-state index contributed by atoms with van der Waals surface area (Å²) in [6, 6.07) is 0. The number of carbonyl (C=O) groups is 2. The van der Waals surface area contributed by atoms with Crippen LogP contribution in [0.2, 0.25) is 0 Å². The van der Waals surface area contributed by atoms with E-state index < -0.39 is 10.9 Å². The minimum absolute atomic E-state index is 0.0265. The number of aryl methyl sites for hydroxylation is 3. The van der Waals surface area contributed by atoms with E-state index in [9.17, 15) is 19.7 Å². The van der Waals surface area contributed by atoms with Crippen LogP contribution in [-0.2, 0) is 28.9 Å². The predicted molar refractivity (Wildman–Crippen MR) is 118 cm³/mol. The number of ether oxygens (including phenoxy) is 1. The zero-order valence-corrected chi connectivity index (χ0v) is 19.1. The van der Waals surface area contributed by atoms with Crippen LogP contribution in [0.1, 0.15) is 71.7 Å². The Hall–Kier alpha value is -2.75. The second-order valence-electron chi connectivity index (χ2n) is 7.84. The van der Waals surface area contributed by atoms with E-state index in [4.69, 9.17) is 4.74 Å². The molecule has 0 saturated carbocycles. The highest BCUT2D eigenvalue weighted by molar-refractivity contribution is 7.17. The summed E-state index contributed by atoms with van der Waals surface area (Å²) in [6.07, 6.45) is 4.39. The number of fused-ring (bicyclic) bond motifs is 1. The fourth-order valence-electron chi connectivity index (χ4n) is 3.76. The van der Waals surface area contributed by atoms with E-state index >= 15 is 0 Å². The molecule has 2 aromatic rings. The third-order valence-electron chi connectivity index (χ3n) is 5.59. The van der Waals surface area contributed by atoms with Gasteiger partial charge in [0.15, 0.2) is 0 Å². The van der Waals surface area contributed by atoms with Crippen LogP contribution in [0.15, 0.2) is 0 Å². The van der Waals surface area contributed by atoms with Crippen molar-refractivity contribution >= 4 is 33.9 Å². The molecule has 0 saturated heterocycles. The Morgan fingerprint density at radius 1 is 1.32 bits per heavy atom. The number of rotatable bonds is 8. The maximum Gasteiger partial charge on any atom is 0.341 e. The molecule has 9 nitrogen and oxygen atoms in total. The van der Waals surface area contributed by atoms with Gasteiger partial charge in [0.1, 0.15) is 16.4 Å². The molecule has 10 heteroatoms. The van der Waals surface area contributed by atoms with Crippen molar-refractivity contribution in [2.45, 2.75) is 78.9 Å². The first-order chi connectivity index (χ1) is 14.7. The smallest absolute Gasteiger partial charge is 0.341 e. The standard InChI is InChI=1S/C21H28N4O5S/c1-5-12(2)30-21(27)18-15-8-6-7-9-16(15)31-20(18)22-17(26)10-11-24-14(4)19(25(28)29)13(3)23-24/h12H,5-11H2,1-4H3,(H,22,26). The summed E-state index contributed by atoms with van der Waals surface area (Å²) in [5.41, 5.74) is 2.19. The van der Waals surface area contributed by atoms with Crippen molar-refractivity contribution in [3.63, 3.8) is 0 Å². The zero-order chi connectivity index (χ0) is 22.7. The van der Waals surface area contributed by atoms with Crippen molar-refractivity contribution in [1.29, 1.82) is 0 Å². The molecule has 0 bridgehead atoms. The molecular formula is C21H28N4O5S. The molecule has 168 valence electrons. The fraction of sp³-hybridized carbons (Fsp3) is 0.571. The topological polar surface area (TPSA) is 116 Å². The Balaban J connectivity index is 1.75. The molecule has 2 aromatic heterocycles. The Labute approximate surface area is 184 Å². The van der Waals surface area contributed by atoms with Gasteiger partial charge < -0.3 is 10.1 Å². The van der Waals surface area contributed by atoms with E-state index in [0.29, 0.717) is 28.4 Å². The lowest BCUT2D eigenvalue weighted by Gasteiger charge is -2.15. The molecule has 0 spiro atoms. The lowest BCUT2D eigenvalue weighted by atomic mass is 9.95. The molecule has 1 unspecified atom stereocenters. The minimum Gasteiger partial charge on any atom is -0.459 e. The number of amides is 1. The molecule has 31 heavy (non-hydrogen) atoms. The third-order valence-corrected chi connectivity index (χ3v) is 6.80. The van der Waals surface area contributed by atoms with Crippen molar-refractivity contribution in [2.75, 3.05) is 5.32 Å². The first-order valence-corrected chi connectivity index (χ1v) is 11.4. The van der Waals surface area contributed by atoms with E-state index in [1.807, 2.05) is 13.8 Å². The summed E-state index contributed by atoms with van der Waals surface area (Å²) in [4.78, 5) is 37.3. The maximum atomic E-state index is 12.8. The van der Waals surface area contributed by atoms with Gasteiger partial charge in [-0.25, -0.2) is 4.79 Å². The largest absolute Gasteiger partial charge is 0.459 e. The molecule has 1 atom stereocenters. The van der Waals surface area contributed by atoms with E-state index in [-0.39, 0.29) is 30.7 Å². The number of hydrogen-bond donors (Lipinski definition) is 1. The Morgan fingerprint density at radius 2 is 2.03 bits per heavy atom. The summed E-state index contributed by atoms with van der Waals surface area (Å²) in [5.74, 6) is -0.662. The van der Waals surface area contributed by atoms with Crippen LogP contribution in [0, 0.1) is 24.0 Å². The second-order valence-corrected chi connectivity index (χ2v) is 8.94. The molecule has 0 aliphatic heterocycles. The van der Waals surface area contributed by atoms with Crippen molar-refractivity contribution in [2.24, 2.45) is 0 Å². The number of anilines is 1. The summed E-state index contributed by atoms with van der Waals surface area (Å²) >= 11 is 1.44. The van der Waals surface area contributed by atoms with Gasteiger partial charge in [-0.2, -0.15) is 5.10 Å². The minimum atomic E-state index is -0.459. The Morgan fingerprint density at radius 3 is 2.68 bits per heavy atom. The monoisotopic (exact) mass is 448 g/mol. The molecular weight excluding hydrogens is 420 g/mol. The number of nitrogens with zero attached hydrogens (tertiary/aromatic N) is 3. The van der Waals surface area contributed by atoms with Crippen LogP contribution >= 0.6 is 11.3 Å². The van der Waals surface area contributed by atoms with Gasteiger partial charge in [0.05, 0.1) is 23.1 Å². The van der Waals surface area contributed by atoms with Crippen molar-refractivity contribution in [3.05, 3.63) is 37.5 Å². The first-order valence-electron chi connectivity index (χ1n) is 10.6. The van der Waals surface area contributed by atoms with Gasteiger partial charge in [-0.3, -0.25) is 19.6 Å². The van der Waals surface area contributed by atoms with E-state index in [2.05, 4.69) is 10.4 Å². The Bertz CT molecular complexity index is 1010. The molecule has 1 amide bonds. The molecule has 3 rings (SSSR count). The second kappa shape index (κ2) is 9.59. The number of nitro groups is 1. The van der Waals surface area contributed by atoms with Gasteiger partial charge in [0.2, 0.25) is 5.91 Å². The number of hydrogen-bond acceptors (Lipinski definition) is 7. The highest BCUT2D eigenvalue weighted by Gasteiger charge is 2.28. The number of aromatic nitrogens is 2. The van der Waals surface area contributed by atoms with Gasteiger partial charge in [0.25, 0.3) is 0 Å². The van der Waals surface area contributed by atoms with Crippen molar-refractivity contribution in [3.8, 4) is 0 Å². The van der Waals surface area contributed by atoms with Crippen molar-refractivity contribution in [1.82, 2.24) is 9.78 Å². The average molecular weight is 449 g/mol. The first kappa shape index (κ1) is 22.9. The molecule has 0 aromatic carbocycles. The quantitative estimate of drug-likeness (QED) is 0.365. The maximum absolute atomic E-state index is 12.8. The number of nitrogens with one attached hydrogen (secondary N) is 1. The summed E-state index contributed by atoms with van der Waals surface area (Å²) in [7, 11) is 0. The zero-order valence-electron chi connectivity index (χ0n) is 18.3. The van der Waals surface area contributed by atoms with Crippen LogP contribution in [0.5, 0.6) is 0 Å². The normalized spacial score (nSPS) is 14.1. The molecule has 1 aliphatic rings. The lowest BCUT2D eigenvalue weighted by Crippen LogP contribution is -2.19. The van der Waals surface area contributed by atoms with Gasteiger partial charge in [-0.1, -0.05) is 6.92 Å². The van der Waals surface area contributed by atoms with Crippen LogP contribution in [0.25, 0.3) is 0 Å². The van der Waals surface area contributed by atoms with E-state index in [1.165, 1.54) is 16.0 Å². The van der Waals surface area contributed by atoms with E-state index in [0.717, 1.165) is 36.1 Å². The SMILES string of the molecule is CCC(C)OC(=O)c1c(NC(=O)CCn2nc(C)c([N+](=O)[O-])c2C)sc2c1CCCC2. The van der Waals surface area contributed by atoms with Gasteiger partial charge in [-0.05, 0) is 58.4 Å². The summed E-state index contributed by atoms with van der Waals surface area (Å²) in [5, 5.41) is 18.7. The summed E-state index contributed by atoms with van der Waals surface area (Å²) in [6.45, 7) is 7.21. The molecule has 0 radical (unpaired) electrons. The van der Waals surface area contributed by atoms with Gasteiger partial charge in [-0.15, -0.1) is 11.3 Å². The highest BCUT2D eigenvalue weighted by Crippen LogP contribution is 2.39. The predicted octanol–water partition coefficient (Wildman–Crippen LogP) is 4.33. The molecule has 2 heterocycles. The fourth-order valence-corrected chi connectivity index (χ4v) is 5.05. The number of carbonyl (C=O) groups excluding carboxylic acids is 2. The Kier molecular flexibility index (Phi) is 7.09. The molecule has 1 aliphatic carbocycles. The van der Waals surface area contributed by atoms with Gasteiger partial charge in [0, 0.05) is 11.3 Å². The average Bonchev–Trinajstić information content (AvgIpc) is 3.22. The van der Waals surface area contributed by atoms with Crippen LogP contribution in [0.4, 0.5) is 10.7 Å². The van der Waals surface area contributed by atoms with E-state index in [1.54, 1.807) is 13.8 Å². The van der Waals surface area contributed by atoms with Crippen LogP contribution < -0.4 is 5.32 Å². The third kappa shape index (κ3) is 4.95. The summed E-state index contributed by atoms with van der Waals surface area (Å²) < 4.78 is 7.03. The highest BCUT2D eigenvalue weighted by atomic mass is 32.1. The number of esters is 1. The molecule has 1 N–H and O–H groups in total. The number of thiophene rings is 1.